The van der Waals surface area contributed by atoms with Crippen LogP contribution in [0.2, 0.25) is 0 Å². The lowest BCUT2D eigenvalue weighted by Gasteiger charge is -2.18. The molecule has 1 atom stereocenters. The number of allylic oxidation sites excluding steroid dienone is 16. The summed E-state index contributed by atoms with van der Waals surface area (Å²) in [5, 5.41) is 0. The van der Waals surface area contributed by atoms with Gasteiger partial charge < -0.3 is 14.2 Å². The minimum atomic E-state index is -0.791. The highest BCUT2D eigenvalue weighted by Crippen LogP contribution is 2.14. The Kier molecular flexibility index (Phi) is 50.9. The first kappa shape index (κ1) is 62.3. The van der Waals surface area contributed by atoms with Crippen molar-refractivity contribution in [1.29, 1.82) is 0 Å². The number of rotatable bonds is 48. The number of unbranched alkanes of at least 4 members (excludes halogenated alkanes) is 21. The van der Waals surface area contributed by atoms with Gasteiger partial charge in [-0.2, -0.15) is 0 Å². The van der Waals surface area contributed by atoms with Crippen molar-refractivity contribution in [2.24, 2.45) is 0 Å². The van der Waals surface area contributed by atoms with Crippen LogP contribution in [0, 0.1) is 0 Å². The Hall–Kier alpha value is -3.67. The summed E-state index contributed by atoms with van der Waals surface area (Å²) in [5.74, 6) is -0.927. The van der Waals surface area contributed by atoms with Gasteiger partial charge in [-0.25, -0.2) is 0 Å². The topological polar surface area (TPSA) is 78.9 Å². The zero-order chi connectivity index (χ0) is 47.9. The SMILES string of the molecule is CC/C=C\C/C=C\C/C=C\C/C=C\C/C=C\C/C=C\CCCCCCCCC(=O)OCC(COC(=O)CCCCCCC/C=C\CCC)OC(=O)CCCCCCC/C=C\CCCCCC. The van der Waals surface area contributed by atoms with Gasteiger partial charge in [-0.3, -0.25) is 14.4 Å². The van der Waals surface area contributed by atoms with Crippen LogP contribution in [0.25, 0.3) is 0 Å². The van der Waals surface area contributed by atoms with Crippen LogP contribution >= 0.6 is 0 Å². The quantitative estimate of drug-likeness (QED) is 0.0262. The summed E-state index contributed by atoms with van der Waals surface area (Å²) in [7, 11) is 0. The lowest BCUT2D eigenvalue weighted by Crippen LogP contribution is -2.30. The van der Waals surface area contributed by atoms with Crippen LogP contribution in [0.1, 0.15) is 245 Å². The number of hydrogen-bond acceptors (Lipinski definition) is 6. The van der Waals surface area contributed by atoms with E-state index in [-0.39, 0.29) is 31.1 Å². The summed E-state index contributed by atoms with van der Waals surface area (Å²) >= 11 is 0. The Morgan fingerprint density at radius 3 is 1.00 bits per heavy atom. The molecule has 0 aromatic carbocycles. The van der Waals surface area contributed by atoms with Crippen LogP contribution in [0.5, 0.6) is 0 Å². The molecule has 0 aliphatic carbocycles. The predicted molar refractivity (Wildman–Crippen MR) is 284 cm³/mol. The second kappa shape index (κ2) is 53.9. The van der Waals surface area contributed by atoms with Gasteiger partial charge in [0.1, 0.15) is 13.2 Å². The van der Waals surface area contributed by atoms with Crippen molar-refractivity contribution in [2.45, 2.75) is 252 Å². The normalized spacial score (nSPS) is 12.8. The second-order valence-electron chi connectivity index (χ2n) is 17.7. The molecule has 1 unspecified atom stereocenters. The van der Waals surface area contributed by atoms with E-state index in [0.29, 0.717) is 19.3 Å². The molecular weight excluding hydrogens is 817 g/mol. The summed E-state index contributed by atoms with van der Waals surface area (Å²) in [6.07, 6.45) is 71.1. The van der Waals surface area contributed by atoms with Crippen molar-refractivity contribution in [3.8, 4) is 0 Å². The first-order valence-electron chi connectivity index (χ1n) is 27.2. The molecule has 0 spiro atoms. The standard InChI is InChI=1S/C60H100O6/c1-4-7-10-13-16-19-22-24-25-26-27-28-29-30-31-32-33-34-35-37-38-41-44-47-50-53-59(62)65-56-57(55-64-58(61)52-49-46-43-40-21-18-15-12-9-6-3)66-60(63)54-51-48-45-42-39-36-23-20-17-14-11-8-5-2/h7,10,12,15-16,19-20,23-25,27-28,30-31,33-34,57H,4-6,8-9,11,13-14,17-18,21-22,26,29,32,35-56H2,1-3H3/b10-7-,15-12-,19-16-,23-20-,25-24-,28-27-,31-30-,34-33-. The van der Waals surface area contributed by atoms with Crippen molar-refractivity contribution >= 4 is 17.9 Å². The third-order valence-electron chi connectivity index (χ3n) is 11.3. The maximum absolute atomic E-state index is 12.8. The van der Waals surface area contributed by atoms with Gasteiger partial charge in [-0.15, -0.1) is 0 Å². The monoisotopic (exact) mass is 917 g/mol. The highest BCUT2D eigenvalue weighted by atomic mass is 16.6. The average Bonchev–Trinajstić information content (AvgIpc) is 3.31. The molecule has 0 radical (unpaired) electrons. The fourth-order valence-corrected chi connectivity index (χ4v) is 7.21. The lowest BCUT2D eigenvalue weighted by molar-refractivity contribution is -0.167. The summed E-state index contributed by atoms with van der Waals surface area (Å²) < 4.78 is 16.8. The third-order valence-corrected chi connectivity index (χ3v) is 11.3. The van der Waals surface area contributed by atoms with Crippen LogP contribution in [-0.4, -0.2) is 37.2 Å². The van der Waals surface area contributed by atoms with Crippen LogP contribution in [0.15, 0.2) is 97.2 Å². The number of ether oxygens (including phenoxy) is 3. The van der Waals surface area contributed by atoms with Gasteiger partial charge in [0, 0.05) is 19.3 Å². The fourth-order valence-electron chi connectivity index (χ4n) is 7.21. The van der Waals surface area contributed by atoms with Gasteiger partial charge in [0.15, 0.2) is 6.10 Å². The summed E-state index contributed by atoms with van der Waals surface area (Å²) in [6, 6.07) is 0. The summed E-state index contributed by atoms with van der Waals surface area (Å²) in [6.45, 7) is 6.41. The van der Waals surface area contributed by atoms with E-state index in [1.165, 1.54) is 64.2 Å². The highest BCUT2D eigenvalue weighted by molar-refractivity contribution is 5.71. The Balaban J connectivity index is 4.32. The average molecular weight is 917 g/mol. The zero-order valence-corrected chi connectivity index (χ0v) is 42.9. The van der Waals surface area contributed by atoms with Crippen molar-refractivity contribution in [1.82, 2.24) is 0 Å². The molecule has 6 nitrogen and oxygen atoms in total. The number of hydrogen-bond donors (Lipinski definition) is 0. The van der Waals surface area contributed by atoms with Gasteiger partial charge in [0.2, 0.25) is 0 Å². The van der Waals surface area contributed by atoms with Crippen molar-refractivity contribution in [3.63, 3.8) is 0 Å². The first-order valence-corrected chi connectivity index (χ1v) is 27.2. The Bertz CT molecular complexity index is 1330. The molecule has 0 heterocycles. The number of esters is 3. The molecule has 0 saturated heterocycles. The van der Waals surface area contributed by atoms with Gasteiger partial charge >= 0.3 is 17.9 Å². The first-order chi connectivity index (χ1) is 32.5. The summed E-state index contributed by atoms with van der Waals surface area (Å²) in [4.78, 5) is 38.0. The molecule has 0 N–H and O–H groups in total. The van der Waals surface area contributed by atoms with E-state index in [2.05, 4.69) is 118 Å². The van der Waals surface area contributed by atoms with E-state index in [0.717, 1.165) is 141 Å². The Morgan fingerprint density at radius 2 is 0.621 bits per heavy atom. The molecule has 0 aliphatic rings. The van der Waals surface area contributed by atoms with Crippen molar-refractivity contribution in [2.75, 3.05) is 13.2 Å². The Labute approximate surface area is 407 Å². The van der Waals surface area contributed by atoms with Gasteiger partial charge in [-0.1, -0.05) is 208 Å². The van der Waals surface area contributed by atoms with E-state index < -0.39 is 6.10 Å². The highest BCUT2D eigenvalue weighted by Gasteiger charge is 2.19. The molecule has 0 fully saturated rings. The van der Waals surface area contributed by atoms with E-state index in [1.807, 2.05) is 0 Å². The number of carbonyl (C=O) groups is 3. The van der Waals surface area contributed by atoms with E-state index in [9.17, 15) is 14.4 Å². The smallest absolute Gasteiger partial charge is 0.306 e. The minimum absolute atomic E-state index is 0.0906. The third kappa shape index (κ3) is 51.3. The Morgan fingerprint density at radius 1 is 0.318 bits per heavy atom. The van der Waals surface area contributed by atoms with E-state index in [1.54, 1.807) is 0 Å². The molecule has 0 saturated carbocycles. The molecule has 0 bridgehead atoms. The van der Waals surface area contributed by atoms with Gasteiger partial charge in [0.05, 0.1) is 0 Å². The molecule has 0 aromatic heterocycles. The van der Waals surface area contributed by atoms with Crippen LogP contribution in [0.4, 0.5) is 0 Å². The zero-order valence-electron chi connectivity index (χ0n) is 42.9. The number of carbonyl (C=O) groups excluding carboxylic acids is 3. The molecular formula is C60H100O6. The van der Waals surface area contributed by atoms with Crippen molar-refractivity contribution < 1.29 is 28.6 Å². The molecule has 376 valence electrons. The van der Waals surface area contributed by atoms with Gasteiger partial charge in [-0.05, 0) is 116 Å². The van der Waals surface area contributed by atoms with E-state index >= 15 is 0 Å². The molecule has 0 amide bonds. The maximum atomic E-state index is 12.8. The van der Waals surface area contributed by atoms with Crippen LogP contribution in [-0.2, 0) is 28.6 Å². The lowest BCUT2D eigenvalue weighted by atomic mass is 10.1. The van der Waals surface area contributed by atoms with Crippen molar-refractivity contribution in [3.05, 3.63) is 97.2 Å². The summed E-state index contributed by atoms with van der Waals surface area (Å²) in [5.41, 5.74) is 0. The predicted octanol–water partition coefficient (Wildman–Crippen LogP) is 18.1. The maximum Gasteiger partial charge on any atom is 0.306 e. The largest absolute Gasteiger partial charge is 0.462 e. The van der Waals surface area contributed by atoms with Crippen LogP contribution < -0.4 is 0 Å². The molecule has 0 aliphatic heterocycles. The van der Waals surface area contributed by atoms with Crippen LogP contribution in [0.3, 0.4) is 0 Å². The van der Waals surface area contributed by atoms with Gasteiger partial charge in [0.25, 0.3) is 0 Å². The minimum Gasteiger partial charge on any atom is -0.462 e. The molecule has 0 aromatic rings. The molecule has 66 heavy (non-hydrogen) atoms. The molecule has 6 heteroatoms. The van der Waals surface area contributed by atoms with E-state index in [4.69, 9.17) is 14.2 Å². The molecule has 0 rings (SSSR count). The fraction of sp³-hybridized carbons (Fsp3) is 0.683. The second-order valence-corrected chi connectivity index (χ2v) is 17.7.